The number of thioether (sulfide) groups is 1. The first-order valence-corrected chi connectivity index (χ1v) is 5.12. The highest BCUT2D eigenvalue weighted by Crippen LogP contribution is 2.27. The number of hydrogen-bond donors (Lipinski definition) is 1. The molecule has 0 aromatic heterocycles. The van der Waals surface area contributed by atoms with E-state index in [2.05, 4.69) is 0 Å². The fraction of sp³-hybridized carbons (Fsp3) is 0.400. The molecular weight excluding hydrogens is 204 g/mol. The van der Waals surface area contributed by atoms with Crippen LogP contribution in [-0.4, -0.2) is 5.76 Å². The third-order valence-corrected chi connectivity index (χ3v) is 2.55. The van der Waals surface area contributed by atoms with E-state index in [9.17, 15) is 8.78 Å². The maximum atomic E-state index is 12.0. The van der Waals surface area contributed by atoms with Gasteiger partial charge in [0.1, 0.15) is 0 Å². The van der Waals surface area contributed by atoms with E-state index in [0.29, 0.717) is 16.7 Å². The van der Waals surface area contributed by atoms with Crippen molar-refractivity contribution in [2.75, 3.05) is 0 Å². The van der Waals surface area contributed by atoms with Crippen molar-refractivity contribution in [1.82, 2.24) is 0 Å². The Morgan fingerprint density at radius 3 is 2.07 bits per heavy atom. The van der Waals surface area contributed by atoms with Crippen LogP contribution in [0.1, 0.15) is 19.4 Å². The number of nitrogens with two attached hydrogens (primary N) is 1. The van der Waals surface area contributed by atoms with Crippen molar-refractivity contribution in [2.45, 2.75) is 30.0 Å². The van der Waals surface area contributed by atoms with Gasteiger partial charge in [-0.1, -0.05) is 23.9 Å². The zero-order valence-electron chi connectivity index (χ0n) is 8.13. The van der Waals surface area contributed by atoms with Crippen LogP contribution in [0.5, 0.6) is 0 Å². The molecule has 0 fully saturated rings. The lowest BCUT2D eigenvalue weighted by Gasteiger charge is -2.19. The van der Waals surface area contributed by atoms with Crippen molar-refractivity contribution in [2.24, 2.45) is 5.73 Å². The molecule has 1 aromatic rings. The molecule has 0 heterocycles. The van der Waals surface area contributed by atoms with Crippen molar-refractivity contribution in [3.05, 3.63) is 29.8 Å². The van der Waals surface area contributed by atoms with E-state index in [0.717, 1.165) is 5.56 Å². The van der Waals surface area contributed by atoms with Crippen molar-refractivity contribution in [3.8, 4) is 0 Å². The number of hydrogen-bond acceptors (Lipinski definition) is 2. The highest BCUT2D eigenvalue weighted by atomic mass is 32.2. The van der Waals surface area contributed by atoms with Crippen LogP contribution in [-0.2, 0) is 5.54 Å². The Hall–Kier alpha value is -0.610. The van der Waals surface area contributed by atoms with E-state index >= 15 is 0 Å². The third kappa shape index (κ3) is 3.27. The SMILES string of the molecule is CC(C)(N)c1ccc(SC(F)F)cc1. The predicted molar refractivity (Wildman–Crippen MR) is 55.5 cm³/mol. The van der Waals surface area contributed by atoms with Gasteiger partial charge < -0.3 is 5.73 Å². The first kappa shape index (κ1) is 11.5. The molecule has 0 aliphatic carbocycles. The fourth-order valence-corrected chi connectivity index (χ4v) is 1.56. The average Bonchev–Trinajstić information content (AvgIpc) is 2.02. The number of halogens is 2. The van der Waals surface area contributed by atoms with Crippen LogP contribution >= 0.6 is 11.8 Å². The Bertz CT molecular complexity index is 290. The van der Waals surface area contributed by atoms with Gasteiger partial charge in [0.2, 0.25) is 0 Å². The van der Waals surface area contributed by atoms with E-state index in [1.807, 2.05) is 13.8 Å². The molecule has 2 N–H and O–H groups in total. The smallest absolute Gasteiger partial charge is 0.288 e. The third-order valence-electron chi connectivity index (χ3n) is 1.82. The van der Waals surface area contributed by atoms with E-state index in [1.165, 1.54) is 0 Å². The van der Waals surface area contributed by atoms with Crippen LogP contribution in [0.3, 0.4) is 0 Å². The summed E-state index contributed by atoms with van der Waals surface area (Å²) in [5.41, 5.74) is 6.37. The van der Waals surface area contributed by atoms with Crippen LogP contribution in [0.25, 0.3) is 0 Å². The summed E-state index contributed by atoms with van der Waals surface area (Å²) in [6, 6.07) is 6.90. The van der Waals surface area contributed by atoms with Gasteiger partial charge in [-0.15, -0.1) is 0 Å². The summed E-state index contributed by atoms with van der Waals surface area (Å²) in [7, 11) is 0. The van der Waals surface area contributed by atoms with Gasteiger partial charge in [0.05, 0.1) is 0 Å². The lowest BCUT2D eigenvalue weighted by atomic mass is 9.96. The number of alkyl halides is 2. The fourth-order valence-electron chi connectivity index (χ4n) is 1.07. The molecular formula is C10H13F2NS. The maximum absolute atomic E-state index is 12.0. The Morgan fingerprint density at radius 2 is 1.71 bits per heavy atom. The van der Waals surface area contributed by atoms with Crippen molar-refractivity contribution >= 4 is 11.8 Å². The topological polar surface area (TPSA) is 26.0 Å². The summed E-state index contributed by atoms with van der Waals surface area (Å²) < 4.78 is 24.0. The molecule has 0 aliphatic rings. The van der Waals surface area contributed by atoms with Crippen molar-refractivity contribution < 1.29 is 8.78 Å². The van der Waals surface area contributed by atoms with Gasteiger partial charge in [0, 0.05) is 10.4 Å². The van der Waals surface area contributed by atoms with Crippen LogP contribution in [0, 0.1) is 0 Å². The molecule has 0 unspecified atom stereocenters. The zero-order chi connectivity index (χ0) is 10.8. The summed E-state index contributed by atoms with van der Waals surface area (Å²) in [4.78, 5) is 0.563. The monoisotopic (exact) mass is 217 g/mol. The molecule has 78 valence electrons. The molecule has 0 aliphatic heterocycles. The summed E-state index contributed by atoms with van der Waals surface area (Å²) in [5, 5.41) is 0. The molecule has 1 rings (SSSR count). The first-order valence-electron chi connectivity index (χ1n) is 4.24. The molecule has 0 amide bonds. The van der Waals surface area contributed by atoms with Crippen LogP contribution in [0.4, 0.5) is 8.78 Å². The van der Waals surface area contributed by atoms with Gasteiger partial charge in [-0.2, -0.15) is 8.78 Å². The van der Waals surface area contributed by atoms with Crippen molar-refractivity contribution in [3.63, 3.8) is 0 Å². The molecule has 1 nitrogen and oxygen atoms in total. The Balaban J connectivity index is 2.79. The largest absolute Gasteiger partial charge is 0.322 e. The second-order valence-electron chi connectivity index (χ2n) is 3.62. The Labute approximate surface area is 86.7 Å². The quantitative estimate of drug-likeness (QED) is 0.787. The van der Waals surface area contributed by atoms with Gasteiger partial charge in [0.15, 0.2) is 0 Å². The summed E-state index contributed by atoms with van der Waals surface area (Å²) in [5.74, 6) is -2.37. The summed E-state index contributed by atoms with van der Waals surface area (Å²) in [6.07, 6.45) is 0. The van der Waals surface area contributed by atoms with Gasteiger partial charge in [-0.25, -0.2) is 0 Å². The van der Waals surface area contributed by atoms with E-state index < -0.39 is 11.3 Å². The van der Waals surface area contributed by atoms with Gasteiger partial charge in [-0.3, -0.25) is 0 Å². The zero-order valence-corrected chi connectivity index (χ0v) is 8.94. The van der Waals surface area contributed by atoms with Crippen molar-refractivity contribution in [1.29, 1.82) is 0 Å². The maximum Gasteiger partial charge on any atom is 0.288 e. The molecule has 0 saturated carbocycles. The van der Waals surface area contributed by atoms with Crippen LogP contribution in [0.15, 0.2) is 29.2 Å². The molecule has 0 bridgehead atoms. The lowest BCUT2D eigenvalue weighted by Crippen LogP contribution is -2.28. The Kier molecular flexibility index (Phi) is 3.50. The van der Waals surface area contributed by atoms with Gasteiger partial charge >= 0.3 is 0 Å². The molecule has 4 heteroatoms. The first-order chi connectivity index (χ1) is 6.39. The normalized spacial score (nSPS) is 12.1. The standard InChI is InChI=1S/C10H13F2NS/c1-10(2,13)7-3-5-8(6-4-7)14-9(11)12/h3-6,9H,13H2,1-2H3. The highest BCUT2D eigenvalue weighted by Gasteiger charge is 2.13. The molecule has 0 radical (unpaired) electrons. The second-order valence-corrected chi connectivity index (χ2v) is 4.69. The van der Waals surface area contributed by atoms with Crippen LogP contribution < -0.4 is 5.73 Å². The van der Waals surface area contributed by atoms with Crippen LogP contribution in [0.2, 0.25) is 0 Å². The minimum atomic E-state index is -2.37. The number of benzene rings is 1. The summed E-state index contributed by atoms with van der Waals surface area (Å²) in [6.45, 7) is 3.75. The summed E-state index contributed by atoms with van der Waals surface area (Å²) >= 11 is 0.544. The average molecular weight is 217 g/mol. The molecule has 0 atom stereocenters. The minimum Gasteiger partial charge on any atom is -0.322 e. The van der Waals surface area contributed by atoms with E-state index in [-0.39, 0.29) is 0 Å². The molecule has 0 spiro atoms. The predicted octanol–water partition coefficient (Wildman–Crippen LogP) is 3.20. The second kappa shape index (κ2) is 4.28. The molecule has 14 heavy (non-hydrogen) atoms. The van der Waals surface area contributed by atoms with Gasteiger partial charge in [-0.05, 0) is 31.5 Å². The number of rotatable bonds is 3. The lowest BCUT2D eigenvalue weighted by molar-refractivity contribution is 0.252. The molecule has 1 aromatic carbocycles. The highest BCUT2D eigenvalue weighted by molar-refractivity contribution is 7.99. The van der Waals surface area contributed by atoms with E-state index in [4.69, 9.17) is 5.73 Å². The minimum absolute atomic E-state index is 0.423. The molecule has 0 saturated heterocycles. The Morgan fingerprint density at radius 1 is 1.21 bits per heavy atom. The van der Waals surface area contributed by atoms with E-state index in [1.54, 1.807) is 24.3 Å². The van der Waals surface area contributed by atoms with Gasteiger partial charge in [0.25, 0.3) is 5.76 Å².